The second-order valence-electron chi connectivity index (χ2n) is 8.26. The summed E-state index contributed by atoms with van der Waals surface area (Å²) in [6.07, 6.45) is 6.55. The van der Waals surface area contributed by atoms with Gasteiger partial charge in [0, 0.05) is 54.7 Å². The molecule has 5 nitrogen and oxygen atoms in total. The topological polar surface area (TPSA) is 57.7 Å². The van der Waals surface area contributed by atoms with E-state index < -0.39 is 0 Å². The van der Waals surface area contributed by atoms with E-state index in [2.05, 4.69) is 74.4 Å². The number of para-hydroxylation sites is 1. The molecule has 4 heterocycles. The Balaban J connectivity index is 1.34. The zero-order valence-electron chi connectivity index (χ0n) is 17.7. The Hall–Kier alpha value is -3.83. The zero-order chi connectivity index (χ0) is 21.3. The molecule has 0 fully saturated rings. The molecule has 2 aromatic carbocycles. The lowest BCUT2D eigenvalue weighted by atomic mass is 10.0. The van der Waals surface area contributed by atoms with Gasteiger partial charge in [0.15, 0.2) is 5.82 Å². The monoisotopic (exact) mass is 417 g/mol. The molecule has 1 N–H and O–H groups in total. The van der Waals surface area contributed by atoms with E-state index in [1.807, 2.05) is 24.5 Å². The fourth-order valence-corrected chi connectivity index (χ4v) is 4.57. The Labute approximate surface area is 186 Å². The van der Waals surface area contributed by atoms with Crippen molar-refractivity contribution in [2.45, 2.75) is 19.5 Å². The maximum absolute atomic E-state index is 4.91. The number of nitrogens with zero attached hydrogens (tertiary/aromatic N) is 4. The quantitative estimate of drug-likeness (QED) is 0.434. The number of H-pyrrole nitrogens is 1. The predicted octanol–water partition coefficient (Wildman–Crippen LogP) is 5.25. The van der Waals surface area contributed by atoms with E-state index in [0.29, 0.717) is 0 Å². The highest BCUT2D eigenvalue weighted by Gasteiger charge is 2.22. The van der Waals surface area contributed by atoms with Crippen LogP contribution in [0.5, 0.6) is 0 Å². The summed E-state index contributed by atoms with van der Waals surface area (Å²) in [5.74, 6) is 0.746. The van der Waals surface area contributed by atoms with Crippen molar-refractivity contribution in [1.29, 1.82) is 0 Å². The van der Waals surface area contributed by atoms with E-state index in [0.717, 1.165) is 43.1 Å². The van der Waals surface area contributed by atoms with Crippen molar-refractivity contribution < 1.29 is 0 Å². The summed E-state index contributed by atoms with van der Waals surface area (Å²) in [7, 11) is 0. The minimum atomic E-state index is 0.746. The number of hydrogen-bond donors (Lipinski definition) is 1. The van der Waals surface area contributed by atoms with Crippen molar-refractivity contribution >= 4 is 10.9 Å². The summed E-state index contributed by atoms with van der Waals surface area (Å²) in [6.45, 7) is 2.69. The molecule has 0 aliphatic carbocycles. The summed E-state index contributed by atoms with van der Waals surface area (Å²) in [4.78, 5) is 19.9. The third-order valence-corrected chi connectivity index (χ3v) is 6.20. The minimum Gasteiger partial charge on any atom is -0.354 e. The van der Waals surface area contributed by atoms with Crippen molar-refractivity contribution in [2.75, 3.05) is 6.54 Å². The highest BCUT2D eigenvalue weighted by atomic mass is 15.1. The average Bonchev–Trinajstić information content (AvgIpc) is 3.23. The summed E-state index contributed by atoms with van der Waals surface area (Å²) >= 11 is 0. The Kier molecular flexibility index (Phi) is 4.74. The van der Waals surface area contributed by atoms with Crippen LogP contribution in [0, 0.1) is 0 Å². The SMILES string of the molecule is c1ccc(-c2[nH]c3ccccc3c2CN2CCc3cnc(-c4cccnc4)nc3C2)cc1. The van der Waals surface area contributed by atoms with Crippen molar-refractivity contribution in [1.82, 2.24) is 24.8 Å². The van der Waals surface area contributed by atoms with Crippen LogP contribution >= 0.6 is 0 Å². The number of benzene rings is 2. The largest absolute Gasteiger partial charge is 0.354 e. The van der Waals surface area contributed by atoms with Crippen LogP contribution < -0.4 is 0 Å². The van der Waals surface area contributed by atoms with E-state index in [4.69, 9.17) is 4.98 Å². The van der Waals surface area contributed by atoms with Gasteiger partial charge in [-0.15, -0.1) is 0 Å². The molecule has 0 radical (unpaired) electrons. The maximum Gasteiger partial charge on any atom is 0.160 e. The fourth-order valence-electron chi connectivity index (χ4n) is 4.57. The molecular formula is C27H23N5. The second-order valence-corrected chi connectivity index (χ2v) is 8.26. The van der Waals surface area contributed by atoms with Crippen LogP contribution in [0.1, 0.15) is 16.8 Å². The van der Waals surface area contributed by atoms with Crippen LogP contribution in [0.15, 0.2) is 85.3 Å². The molecule has 156 valence electrons. The number of hydrogen-bond acceptors (Lipinski definition) is 4. The van der Waals surface area contributed by atoms with Gasteiger partial charge >= 0.3 is 0 Å². The van der Waals surface area contributed by atoms with E-state index in [1.165, 1.54) is 33.3 Å². The van der Waals surface area contributed by atoms with E-state index in [1.54, 1.807) is 6.20 Å². The molecular weight excluding hydrogens is 394 g/mol. The number of fused-ring (bicyclic) bond motifs is 2. The lowest BCUT2D eigenvalue weighted by molar-refractivity contribution is 0.242. The molecule has 1 aliphatic rings. The van der Waals surface area contributed by atoms with Crippen molar-refractivity contribution in [3.05, 3.63) is 102 Å². The van der Waals surface area contributed by atoms with Crippen LogP contribution in [0.3, 0.4) is 0 Å². The molecule has 6 rings (SSSR count). The Morgan fingerprint density at radius 1 is 0.875 bits per heavy atom. The molecule has 0 saturated heterocycles. The standard InChI is InChI=1S/C27H23N5/c1-2-7-19(8-3-1)26-23(22-10-4-5-11-24(22)30-26)17-32-14-12-20-16-29-27(31-25(20)18-32)21-9-6-13-28-15-21/h1-11,13,15-16,30H,12,14,17-18H2. The summed E-state index contributed by atoms with van der Waals surface area (Å²) in [5.41, 5.74) is 8.27. The van der Waals surface area contributed by atoms with E-state index >= 15 is 0 Å². The van der Waals surface area contributed by atoms with Gasteiger partial charge < -0.3 is 4.98 Å². The molecule has 0 saturated carbocycles. The van der Waals surface area contributed by atoms with Gasteiger partial charge in [0.1, 0.15) is 0 Å². The molecule has 0 unspecified atom stereocenters. The van der Waals surface area contributed by atoms with Crippen molar-refractivity contribution in [3.8, 4) is 22.6 Å². The van der Waals surface area contributed by atoms with Crippen LogP contribution in [0.2, 0.25) is 0 Å². The summed E-state index contributed by atoms with van der Waals surface area (Å²) < 4.78 is 0. The Morgan fingerprint density at radius 2 is 1.72 bits per heavy atom. The maximum atomic E-state index is 4.91. The number of pyridine rings is 1. The third kappa shape index (κ3) is 3.47. The molecule has 0 amide bonds. The van der Waals surface area contributed by atoms with Crippen molar-refractivity contribution in [2.24, 2.45) is 0 Å². The number of aromatic nitrogens is 4. The van der Waals surface area contributed by atoms with Gasteiger partial charge in [-0.3, -0.25) is 9.88 Å². The van der Waals surface area contributed by atoms with Gasteiger partial charge in [-0.2, -0.15) is 0 Å². The Morgan fingerprint density at radius 3 is 2.59 bits per heavy atom. The average molecular weight is 418 g/mol. The highest BCUT2D eigenvalue weighted by Crippen LogP contribution is 2.32. The van der Waals surface area contributed by atoms with Gasteiger partial charge in [0.2, 0.25) is 0 Å². The van der Waals surface area contributed by atoms with Crippen molar-refractivity contribution in [3.63, 3.8) is 0 Å². The van der Waals surface area contributed by atoms with E-state index in [9.17, 15) is 0 Å². The smallest absolute Gasteiger partial charge is 0.160 e. The van der Waals surface area contributed by atoms with Crippen LogP contribution in [0.4, 0.5) is 0 Å². The molecule has 32 heavy (non-hydrogen) atoms. The number of aromatic amines is 1. The third-order valence-electron chi connectivity index (χ3n) is 6.20. The summed E-state index contributed by atoms with van der Waals surface area (Å²) in [6, 6.07) is 23.1. The van der Waals surface area contributed by atoms with Crippen LogP contribution in [-0.4, -0.2) is 31.4 Å². The zero-order valence-corrected chi connectivity index (χ0v) is 17.7. The Bertz CT molecular complexity index is 1380. The number of rotatable bonds is 4. The first-order valence-corrected chi connectivity index (χ1v) is 11.0. The van der Waals surface area contributed by atoms with Gasteiger partial charge in [0.05, 0.1) is 11.4 Å². The molecule has 5 heteroatoms. The van der Waals surface area contributed by atoms with Gasteiger partial charge in [0.25, 0.3) is 0 Å². The first-order valence-electron chi connectivity index (χ1n) is 11.0. The fraction of sp³-hybridized carbons (Fsp3) is 0.148. The van der Waals surface area contributed by atoms with Gasteiger partial charge in [-0.1, -0.05) is 48.5 Å². The molecule has 3 aromatic heterocycles. The molecule has 1 aliphatic heterocycles. The second kappa shape index (κ2) is 8.02. The molecule has 5 aromatic rings. The minimum absolute atomic E-state index is 0.746. The van der Waals surface area contributed by atoms with E-state index in [-0.39, 0.29) is 0 Å². The predicted molar refractivity (Wildman–Crippen MR) is 127 cm³/mol. The lowest BCUT2D eigenvalue weighted by Crippen LogP contribution is -2.31. The molecule has 0 bridgehead atoms. The van der Waals surface area contributed by atoms with Gasteiger partial charge in [-0.25, -0.2) is 9.97 Å². The molecule has 0 atom stereocenters. The van der Waals surface area contributed by atoms with Crippen LogP contribution in [-0.2, 0) is 19.5 Å². The first-order chi connectivity index (χ1) is 15.8. The lowest BCUT2D eigenvalue weighted by Gasteiger charge is -2.28. The van der Waals surface area contributed by atoms with Gasteiger partial charge in [-0.05, 0) is 41.3 Å². The van der Waals surface area contributed by atoms with Crippen LogP contribution in [0.25, 0.3) is 33.5 Å². The normalized spacial score (nSPS) is 13.9. The number of nitrogens with one attached hydrogen (secondary N) is 1. The highest BCUT2D eigenvalue weighted by molar-refractivity contribution is 5.90. The summed E-state index contributed by atoms with van der Waals surface area (Å²) in [5, 5.41) is 1.29. The molecule has 0 spiro atoms. The first kappa shape index (κ1) is 18.9.